The van der Waals surface area contributed by atoms with E-state index in [2.05, 4.69) is 4.98 Å². The second-order valence-electron chi connectivity index (χ2n) is 3.45. The quantitative estimate of drug-likeness (QED) is 0.765. The lowest BCUT2D eigenvalue weighted by atomic mass is 10.1. The highest BCUT2D eigenvalue weighted by molar-refractivity contribution is 6.32. The molecule has 0 aliphatic rings. The minimum atomic E-state index is -0.140. The Morgan fingerprint density at radius 1 is 1.33 bits per heavy atom. The van der Waals surface area contributed by atoms with E-state index in [-0.39, 0.29) is 11.4 Å². The molecule has 2 nitrogen and oxygen atoms in total. The molecule has 0 aliphatic heterocycles. The Balaban J connectivity index is 2.82. The molecule has 1 heterocycles. The van der Waals surface area contributed by atoms with Gasteiger partial charge in [0.2, 0.25) is 0 Å². The number of pyridine rings is 1. The second-order valence-corrected chi connectivity index (χ2v) is 4.12. The van der Waals surface area contributed by atoms with Crippen LogP contribution in [0.4, 0.5) is 0 Å². The summed E-state index contributed by atoms with van der Waals surface area (Å²) >= 11 is 11.6. The lowest BCUT2D eigenvalue weighted by Gasteiger charge is -2.03. The van der Waals surface area contributed by atoms with Crippen molar-refractivity contribution in [3.05, 3.63) is 44.7 Å². The lowest BCUT2D eigenvalue weighted by Crippen LogP contribution is -2.10. The number of alkyl halides is 1. The standard InChI is InChI=1S/C11H9Cl2NO/c1-6-2-10-7(4-9(6)13)3-8(5-12)11(15)14-10/h2-4H,5H2,1H3,(H,14,15). The number of hydrogen-bond donors (Lipinski definition) is 1. The van der Waals surface area contributed by atoms with Crippen molar-refractivity contribution in [2.24, 2.45) is 0 Å². The van der Waals surface area contributed by atoms with Crippen LogP contribution in [0.3, 0.4) is 0 Å². The van der Waals surface area contributed by atoms with E-state index in [0.717, 1.165) is 16.5 Å². The molecule has 0 atom stereocenters. The first-order valence-electron chi connectivity index (χ1n) is 4.50. The predicted molar refractivity (Wildman–Crippen MR) is 63.9 cm³/mol. The molecule has 4 heteroatoms. The van der Waals surface area contributed by atoms with Gasteiger partial charge in [0, 0.05) is 21.5 Å². The molecule has 78 valence electrons. The summed E-state index contributed by atoms with van der Waals surface area (Å²) in [5.74, 6) is 0.205. The molecule has 0 bridgehead atoms. The van der Waals surface area contributed by atoms with Gasteiger partial charge in [0.25, 0.3) is 5.56 Å². The summed E-state index contributed by atoms with van der Waals surface area (Å²) in [4.78, 5) is 14.3. The summed E-state index contributed by atoms with van der Waals surface area (Å²) in [5.41, 5.74) is 2.15. The Bertz CT molecular complexity index is 575. The van der Waals surface area contributed by atoms with E-state index < -0.39 is 0 Å². The van der Waals surface area contributed by atoms with E-state index >= 15 is 0 Å². The van der Waals surface area contributed by atoms with Crippen LogP contribution >= 0.6 is 23.2 Å². The number of hydrogen-bond acceptors (Lipinski definition) is 1. The van der Waals surface area contributed by atoms with Gasteiger partial charge in [-0.1, -0.05) is 11.6 Å². The van der Waals surface area contributed by atoms with Crippen molar-refractivity contribution in [1.82, 2.24) is 4.98 Å². The van der Waals surface area contributed by atoms with Gasteiger partial charge in [0.15, 0.2) is 0 Å². The highest BCUT2D eigenvalue weighted by Crippen LogP contribution is 2.21. The fraction of sp³-hybridized carbons (Fsp3) is 0.182. The summed E-state index contributed by atoms with van der Waals surface area (Å²) in [6.07, 6.45) is 0. The Morgan fingerprint density at radius 3 is 2.73 bits per heavy atom. The van der Waals surface area contributed by atoms with Gasteiger partial charge in [-0.3, -0.25) is 4.79 Å². The Morgan fingerprint density at radius 2 is 2.07 bits per heavy atom. The van der Waals surface area contributed by atoms with Gasteiger partial charge in [0.05, 0.1) is 5.88 Å². The number of rotatable bonds is 1. The molecule has 2 aromatic rings. The third-order valence-electron chi connectivity index (χ3n) is 2.34. The Hall–Kier alpha value is -0.990. The zero-order chi connectivity index (χ0) is 11.0. The van der Waals surface area contributed by atoms with Crippen molar-refractivity contribution in [3.8, 4) is 0 Å². The van der Waals surface area contributed by atoms with Gasteiger partial charge in [-0.25, -0.2) is 0 Å². The van der Waals surface area contributed by atoms with Crippen LogP contribution in [0.25, 0.3) is 10.9 Å². The van der Waals surface area contributed by atoms with Gasteiger partial charge in [-0.15, -0.1) is 11.6 Å². The van der Waals surface area contributed by atoms with Crippen LogP contribution in [0.15, 0.2) is 23.0 Å². The molecule has 0 saturated carbocycles. The number of aryl methyl sites for hydroxylation is 1. The minimum absolute atomic E-state index is 0.140. The Labute approximate surface area is 96.8 Å². The highest BCUT2D eigenvalue weighted by Gasteiger charge is 2.04. The molecule has 2 rings (SSSR count). The number of aromatic nitrogens is 1. The maximum absolute atomic E-state index is 11.5. The van der Waals surface area contributed by atoms with Crippen LogP contribution in [-0.4, -0.2) is 4.98 Å². The van der Waals surface area contributed by atoms with Gasteiger partial charge >= 0.3 is 0 Å². The predicted octanol–water partition coefficient (Wildman–Crippen LogP) is 3.23. The Kier molecular flexibility index (Phi) is 2.72. The average molecular weight is 242 g/mol. The lowest BCUT2D eigenvalue weighted by molar-refractivity contribution is 1.21. The first kappa shape index (κ1) is 10.5. The molecule has 0 unspecified atom stereocenters. The second kappa shape index (κ2) is 3.87. The fourth-order valence-corrected chi connectivity index (χ4v) is 1.85. The van der Waals surface area contributed by atoms with Crippen molar-refractivity contribution in [2.75, 3.05) is 0 Å². The molecule has 1 aromatic heterocycles. The first-order chi connectivity index (χ1) is 7.11. The van der Waals surface area contributed by atoms with E-state index in [0.29, 0.717) is 10.6 Å². The molecule has 1 aromatic carbocycles. The van der Waals surface area contributed by atoms with Crippen molar-refractivity contribution < 1.29 is 0 Å². The van der Waals surface area contributed by atoms with E-state index in [4.69, 9.17) is 23.2 Å². The molecule has 0 amide bonds. The zero-order valence-electron chi connectivity index (χ0n) is 8.10. The molecular formula is C11H9Cl2NO. The van der Waals surface area contributed by atoms with Gasteiger partial charge in [-0.05, 0) is 30.7 Å². The summed E-state index contributed by atoms with van der Waals surface area (Å²) in [6.45, 7) is 1.90. The maximum Gasteiger partial charge on any atom is 0.252 e. The van der Waals surface area contributed by atoms with Gasteiger partial charge in [-0.2, -0.15) is 0 Å². The third kappa shape index (κ3) is 1.87. The topological polar surface area (TPSA) is 32.9 Å². The largest absolute Gasteiger partial charge is 0.322 e. The van der Waals surface area contributed by atoms with Crippen LogP contribution in [0.1, 0.15) is 11.1 Å². The number of aromatic amines is 1. The first-order valence-corrected chi connectivity index (χ1v) is 5.41. The van der Waals surface area contributed by atoms with Crippen LogP contribution in [-0.2, 0) is 5.88 Å². The SMILES string of the molecule is Cc1cc2[nH]c(=O)c(CCl)cc2cc1Cl. The monoisotopic (exact) mass is 241 g/mol. The smallest absolute Gasteiger partial charge is 0.252 e. The third-order valence-corrected chi connectivity index (χ3v) is 3.04. The summed E-state index contributed by atoms with van der Waals surface area (Å²) < 4.78 is 0. The zero-order valence-corrected chi connectivity index (χ0v) is 9.62. The molecule has 1 N–H and O–H groups in total. The van der Waals surface area contributed by atoms with Crippen molar-refractivity contribution in [2.45, 2.75) is 12.8 Å². The molecular weight excluding hydrogens is 233 g/mol. The molecule has 0 aliphatic carbocycles. The fourth-order valence-electron chi connectivity index (χ4n) is 1.48. The van der Waals surface area contributed by atoms with E-state index in [1.807, 2.05) is 19.1 Å². The maximum atomic E-state index is 11.5. The van der Waals surface area contributed by atoms with E-state index in [1.165, 1.54) is 0 Å². The van der Waals surface area contributed by atoms with Crippen LogP contribution < -0.4 is 5.56 Å². The van der Waals surface area contributed by atoms with Crippen molar-refractivity contribution >= 4 is 34.1 Å². The van der Waals surface area contributed by atoms with Crippen LogP contribution in [0.5, 0.6) is 0 Å². The van der Waals surface area contributed by atoms with Crippen LogP contribution in [0.2, 0.25) is 5.02 Å². The molecule has 15 heavy (non-hydrogen) atoms. The van der Waals surface area contributed by atoms with Crippen molar-refractivity contribution in [3.63, 3.8) is 0 Å². The van der Waals surface area contributed by atoms with E-state index in [1.54, 1.807) is 6.07 Å². The number of halogens is 2. The number of benzene rings is 1. The van der Waals surface area contributed by atoms with Crippen molar-refractivity contribution in [1.29, 1.82) is 0 Å². The summed E-state index contributed by atoms with van der Waals surface area (Å²) in [7, 11) is 0. The highest BCUT2D eigenvalue weighted by atomic mass is 35.5. The van der Waals surface area contributed by atoms with Gasteiger partial charge in [0.1, 0.15) is 0 Å². The number of H-pyrrole nitrogens is 1. The summed E-state index contributed by atoms with van der Waals surface area (Å²) in [6, 6.07) is 5.46. The number of fused-ring (bicyclic) bond motifs is 1. The van der Waals surface area contributed by atoms with E-state index in [9.17, 15) is 4.79 Å². The summed E-state index contributed by atoms with van der Waals surface area (Å²) in [5, 5.41) is 1.59. The molecule has 0 radical (unpaired) electrons. The molecule has 0 fully saturated rings. The molecule has 0 spiro atoms. The van der Waals surface area contributed by atoms with Gasteiger partial charge < -0.3 is 4.98 Å². The average Bonchev–Trinajstić information content (AvgIpc) is 2.20. The number of nitrogens with one attached hydrogen (secondary N) is 1. The molecule has 0 saturated heterocycles. The normalized spacial score (nSPS) is 10.9. The minimum Gasteiger partial charge on any atom is -0.322 e. The van der Waals surface area contributed by atoms with Crippen LogP contribution in [0, 0.1) is 6.92 Å².